The zero-order valence-electron chi connectivity index (χ0n) is 9.81. The van der Waals surface area contributed by atoms with Gasteiger partial charge >= 0.3 is 0 Å². The van der Waals surface area contributed by atoms with Gasteiger partial charge in [-0.05, 0) is 25.0 Å². The number of H-pyrrole nitrogens is 1. The lowest BCUT2D eigenvalue weighted by Crippen LogP contribution is -2.18. The van der Waals surface area contributed by atoms with Crippen molar-refractivity contribution < 1.29 is 0 Å². The van der Waals surface area contributed by atoms with E-state index in [-0.39, 0.29) is 5.56 Å². The molecule has 1 aliphatic heterocycles. The van der Waals surface area contributed by atoms with Crippen molar-refractivity contribution in [1.29, 1.82) is 5.26 Å². The first-order valence-electron chi connectivity index (χ1n) is 5.96. The van der Waals surface area contributed by atoms with E-state index in [1.807, 2.05) is 12.1 Å². The molecular formula is C13H12N4O. The van der Waals surface area contributed by atoms with E-state index >= 15 is 0 Å². The third kappa shape index (κ3) is 1.63. The molecule has 1 aromatic heterocycles. The maximum Gasteiger partial charge on any atom is 0.258 e. The van der Waals surface area contributed by atoms with Crippen molar-refractivity contribution in [2.45, 2.75) is 12.8 Å². The Morgan fingerprint density at radius 1 is 1.33 bits per heavy atom. The van der Waals surface area contributed by atoms with Gasteiger partial charge in [-0.2, -0.15) is 5.26 Å². The number of aromatic amines is 1. The fourth-order valence-corrected chi connectivity index (χ4v) is 2.41. The summed E-state index contributed by atoms with van der Waals surface area (Å²) >= 11 is 0. The van der Waals surface area contributed by atoms with Crippen molar-refractivity contribution in [3.05, 3.63) is 34.4 Å². The molecule has 18 heavy (non-hydrogen) atoms. The summed E-state index contributed by atoms with van der Waals surface area (Å²) in [7, 11) is 0. The predicted molar refractivity (Wildman–Crippen MR) is 68.5 cm³/mol. The molecule has 2 aromatic rings. The summed E-state index contributed by atoms with van der Waals surface area (Å²) in [5.41, 5.74) is 1.68. The zero-order valence-corrected chi connectivity index (χ0v) is 9.81. The third-order valence-corrected chi connectivity index (χ3v) is 3.32. The number of aromatic nitrogens is 2. The van der Waals surface area contributed by atoms with E-state index in [1.165, 1.54) is 6.33 Å². The maximum absolute atomic E-state index is 11.8. The highest BCUT2D eigenvalue weighted by Crippen LogP contribution is 2.25. The summed E-state index contributed by atoms with van der Waals surface area (Å²) in [5, 5.41) is 9.66. The van der Waals surface area contributed by atoms with Crippen molar-refractivity contribution in [3.8, 4) is 6.07 Å². The highest BCUT2D eigenvalue weighted by Gasteiger charge is 2.15. The van der Waals surface area contributed by atoms with Gasteiger partial charge in [0.25, 0.3) is 5.56 Å². The number of hydrogen-bond donors (Lipinski definition) is 1. The van der Waals surface area contributed by atoms with Gasteiger partial charge in [-0.3, -0.25) is 4.79 Å². The number of nitriles is 1. The minimum atomic E-state index is -0.197. The summed E-state index contributed by atoms with van der Waals surface area (Å²) in [4.78, 5) is 20.6. The van der Waals surface area contributed by atoms with Gasteiger partial charge < -0.3 is 9.88 Å². The molecule has 1 N–H and O–H groups in total. The van der Waals surface area contributed by atoms with Gasteiger partial charge in [0, 0.05) is 18.8 Å². The monoisotopic (exact) mass is 240 g/mol. The average molecular weight is 240 g/mol. The summed E-state index contributed by atoms with van der Waals surface area (Å²) in [6.45, 7) is 1.96. The van der Waals surface area contributed by atoms with Crippen LogP contribution in [-0.2, 0) is 0 Å². The Balaban J connectivity index is 2.27. The lowest BCUT2D eigenvalue weighted by atomic mass is 10.1. The lowest BCUT2D eigenvalue weighted by molar-refractivity contribution is 0.949. The molecule has 5 nitrogen and oxygen atoms in total. The Labute approximate surface area is 104 Å². The van der Waals surface area contributed by atoms with Crippen LogP contribution in [0.15, 0.2) is 23.3 Å². The highest BCUT2D eigenvalue weighted by molar-refractivity contribution is 5.87. The van der Waals surface area contributed by atoms with Gasteiger partial charge in [-0.15, -0.1) is 0 Å². The van der Waals surface area contributed by atoms with Gasteiger partial charge in [0.15, 0.2) is 0 Å². The van der Waals surface area contributed by atoms with Crippen LogP contribution in [0, 0.1) is 11.3 Å². The maximum atomic E-state index is 11.8. The zero-order chi connectivity index (χ0) is 12.5. The molecule has 0 saturated carbocycles. The Morgan fingerprint density at radius 2 is 2.11 bits per heavy atom. The standard InChI is InChI=1S/C13H12N4O/c14-7-9-5-10(17-3-1-2-4-17)6-11-12(9)15-8-16-13(11)18/h5-6,8H,1-4H2,(H,15,16,18). The number of rotatable bonds is 1. The van der Waals surface area contributed by atoms with Crippen molar-refractivity contribution in [1.82, 2.24) is 9.97 Å². The van der Waals surface area contributed by atoms with Gasteiger partial charge in [-0.25, -0.2) is 4.98 Å². The van der Waals surface area contributed by atoms with Crippen molar-refractivity contribution in [3.63, 3.8) is 0 Å². The summed E-state index contributed by atoms with van der Waals surface area (Å²) < 4.78 is 0. The van der Waals surface area contributed by atoms with Crippen LogP contribution in [0.3, 0.4) is 0 Å². The van der Waals surface area contributed by atoms with E-state index in [0.29, 0.717) is 16.5 Å². The van der Waals surface area contributed by atoms with Crippen LogP contribution < -0.4 is 10.5 Å². The molecule has 1 aliphatic rings. The summed E-state index contributed by atoms with van der Waals surface area (Å²) in [6.07, 6.45) is 3.65. The smallest absolute Gasteiger partial charge is 0.258 e. The van der Waals surface area contributed by atoms with Crippen LogP contribution in [-0.4, -0.2) is 23.1 Å². The Morgan fingerprint density at radius 3 is 2.83 bits per heavy atom. The van der Waals surface area contributed by atoms with Crippen LogP contribution in [0.1, 0.15) is 18.4 Å². The lowest BCUT2D eigenvalue weighted by Gasteiger charge is -2.18. The van der Waals surface area contributed by atoms with Crippen LogP contribution >= 0.6 is 0 Å². The molecule has 0 aliphatic carbocycles. The molecule has 3 rings (SSSR count). The minimum Gasteiger partial charge on any atom is -0.371 e. The molecule has 1 fully saturated rings. The molecule has 1 saturated heterocycles. The quantitative estimate of drug-likeness (QED) is 0.817. The molecular weight excluding hydrogens is 228 g/mol. The van der Waals surface area contributed by atoms with E-state index in [1.54, 1.807) is 0 Å². The number of anilines is 1. The molecule has 0 bridgehead atoms. The molecule has 0 spiro atoms. The van der Waals surface area contributed by atoms with Crippen LogP contribution in [0.5, 0.6) is 0 Å². The number of benzene rings is 1. The summed E-state index contributed by atoms with van der Waals surface area (Å²) in [5.74, 6) is 0. The molecule has 5 heteroatoms. The Bertz CT molecular complexity index is 692. The molecule has 0 radical (unpaired) electrons. The van der Waals surface area contributed by atoms with Gasteiger partial charge in [0.1, 0.15) is 6.07 Å². The first-order valence-corrected chi connectivity index (χ1v) is 5.96. The van der Waals surface area contributed by atoms with Crippen LogP contribution in [0.25, 0.3) is 10.9 Å². The molecule has 0 amide bonds. The molecule has 1 aromatic carbocycles. The highest BCUT2D eigenvalue weighted by atomic mass is 16.1. The second-order valence-electron chi connectivity index (χ2n) is 4.43. The fourth-order valence-electron chi connectivity index (χ4n) is 2.41. The predicted octanol–water partition coefficient (Wildman–Crippen LogP) is 1.39. The van der Waals surface area contributed by atoms with Crippen LogP contribution in [0.2, 0.25) is 0 Å². The topological polar surface area (TPSA) is 72.8 Å². The molecule has 2 heterocycles. The minimum absolute atomic E-state index is 0.197. The van der Waals surface area contributed by atoms with E-state index in [0.717, 1.165) is 31.6 Å². The van der Waals surface area contributed by atoms with Crippen molar-refractivity contribution in [2.75, 3.05) is 18.0 Å². The van der Waals surface area contributed by atoms with Gasteiger partial charge in [0.2, 0.25) is 0 Å². The first kappa shape index (κ1) is 10.8. The molecule has 90 valence electrons. The third-order valence-electron chi connectivity index (χ3n) is 3.32. The van der Waals surface area contributed by atoms with E-state index in [9.17, 15) is 10.1 Å². The first-order chi connectivity index (χ1) is 8.79. The Kier molecular flexibility index (Phi) is 2.49. The number of fused-ring (bicyclic) bond motifs is 1. The second-order valence-corrected chi connectivity index (χ2v) is 4.43. The number of nitrogens with one attached hydrogen (secondary N) is 1. The van der Waals surface area contributed by atoms with Gasteiger partial charge in [-0.1, -0.05) is 0 Å². The van der Waals surface area contributed by atoms with E-state index in [4.69, 9.17) is 0 Å². The van der Waals surface area contributed by atoms with Gasteiger partial charge in [0.05, 0.1) is 22.8 Å². The fraction of sp³-hybridized carbons (Fsp3) is 0.308. The molecule has 0 atom stereocenters. The Hall–Kier alpha value is -2.35. The van der Waals surface area contributed by atoms with Crippen molar-refractivity contribution >= 4 is 16.6 Å². The normalized spacial score (nSPS) is 14.9. The summed E-state index contributed by atoms with van der Waals surface area (Å²) in [6, 6.07) is 5.77. The molecule has 0 unspecified atom stereocenters. The largest absolute Gasteiger partial charge is 0.371 e. The average Bonchev–Trinajstić information content (AvgIpc) is 2.92. The number of nitrogens with zero attached hydrogens (tertiary/aromatic N) is 3. The van der Waals surface area contributed by atoms with E-state index < -0.39 is 0 Å². The SMILES string of the molecule is N#Cc1cc(N2CCCC2)cc2c(=O)[nH]cnc12. The van der Waals surface area contributed by atoms with Crippen molar-refractivity contribution in [2.24, 2.45) is 0 Å². The second kappa shape index (κ2) is 4.15. The number of hydrogen-bond acceptors (Lipinski definition) is 4. The van der Waals surface area contributed by atoms with Crippen LogP contribution in [0.4, 0.5) is 5.69 Å². The van der Waals surface area contributed by atoms with E-state index in [2.05, 4.69) is 20.9 Å².